The van der Waals surface area contributed by atoms with E-state index < -0.39 is 11.9 Å². The molecule has 19 nitrogen and oxygen atoms in total. The summed E-state index contributed by atoms with van der Waals surface area (Å²) in [6.45, 7) is 40.7. The number of carbonyl (C=O) groups excluding carboxylic acids is 3. The normalized spacial score (nSPS) is 13.4. The van der Waals surface area contributed by atoms with Crippen LogP contribution in [0, 0.1) is 35.1 Å². The van der Waals surface area contributed by atoms with Crippen molar-refractivity contribution in [1.82, 2.24) is 39.9 Å². The second-order valence-electron chi connectivity index (χ2n) is 20.5. The number of nitrogens with zero attached hydrogens (tertiary/aromatic N) is 8. The molecule has 1 aliphatic heterocycles. The van der Waals surface area contributed by atoms with E-state index in [9.17, 15) is 24.3 Å². The van der Waals surface area contributed by atoms with Crippen LogP contribution in [0.15, 0.2) is 43.4 Å². The first-order valence-electron chi connectivity index (χ1n) is 27.8. The third-order valence-corrected chi connectivity index (χ3v) is 17.7. The maximum absolute atomic E-state index is 12.0. The predicted molar refractivity (Wildman–Crippen MR) is 349 cm³/mol. The topological polar surface area (TPSA) is 247 Å². The molecule has 1 fully saturated rings. The molecule has 0 aromatic carbocycles. The van der Waals surface area contributed by atoms with E-state index in [4.69, 9.17) is 39.9 Å². The molecule has 87 heavy (non-hydrogen) atoms. The molecule has 9 rings (SSSR count). The number of methoxy groups -OCH3 is 1. The molecule has 0 saturated carbocycles. The summed E-state index contributed by atoms with van der Waals surface area (Å²) in [7, 11) is 1.29. The van der Waals surface area contributed by atoms with Crippen molar-refractivity contribution in [3.05, 3.63) is 115 Å². The number of carboxylic acid groups (broad SMARTS) is 1. The average Bonchev–Trinajstić information content (AvgIpc) is 1.93. The molecule has 0 bridgehead atoms. The maximum Gasteiger partial charge on any atom is 0.492 e. The molecule has 0 spiro atoms. The maximum atomic E-state index is 12.0. The number of aromatic nitrogens is 8. The molecule has 8 aromatic rings. The third kappa shape index (κ3) is 18.5. The van der Waals surface area contributed by atoms with Gasteiger partial charge in [0.25, 0.3) is 0 Å². The largest absolute Gasteiger partial charge is 0.492 e. The fourth-order valence-corrected chi connectivity index (χ4v) is 11.8. The second-order valence-corrected chi connectivity index (χ2v) is 25.6. The predicted octanol–water partition coefficient (Wildman–Crippen LogP) is 15.6. The van der Waals surface area contributed by atoms with Crippen LogP contribution in [-0.4, -0.2) is 121 Å². The number of carbonyl (C=O) groups is 4. The van der Waals surface area contributed by atoms with Crippen LogP contribution in [-0.2, 0) is 48.7 Å². The minimum atomic E-state index is -0.930. The van der Waals surface area contributed by atoms with Gasteiger partial charge >= 0.3 is 31.0 Å². The van der Waals surface area contributed by atoms with Gasteiger partial charge in [-0.1, -0.05) is 98.1 Å². The zero-order valence-electron chi connectivity index (χ0n) is 52.8. The molecule has 8 aromatic heterocycles. The van der Waals surface area contributed by atoms with Gasteiger partial charge < -0.3 is 40.8 Å². The molecular weight excluding hydrogens is 1300 g/mol. The molecule has 474 valence electrons. The Morgan fingerprint density at radius 1 is 0.598 bits per heavy atom. The summed E-state index contributed by atoms with van der Waals surface area (Å²) in [6.07, 6.45) is 8.65. The molecule has 0 aliphatic carbocycles. The Balaban J connectivity index is 0.000000284. The van der Waals surface area contributed by atoms with Gasteiger partial charge in [-0.3, -0.25) is 0 Å². The molecular formula is C61H79BClN8O11PdS4-. The number of ether oxygens (including phenoxy) is 4. The summed E-state index contributed by atoms with van der Waals surface area (Å²) in [4.78, 5) is 84.7. The van der Waals surface area contributed by atoms with Gasteiger partial charge in [0.15, 0.2) is 0 Å². The van der Waals surface area contributed by atoms with E-state index in [2.05, 4.69) is 66.9 Å². The fourth-order valence-electron chi connectivity index (χ4n) is 8.40. The Kier molecular flexibility index (Phi) is 29.4. The number of aromatic carboxylic acids is 1. The summed E-state index contributed by atoms with van der Waals surface area (Å²) in [5.74, 6) is -1.64. The van der Waals surface area contributed by atoms with Gasteiger partial charge in [-0.2, -0.15) is 0 Å². The van der Waals surface area contributed by atoms with E-state index in [1.54, 1.807) is 51.6 Å². The summed E-state index contributed by atoms with van der Waals surface area (Å²) in [5.41, 5.74) is 8.12. The number of hydrogen-bond acceptors (Lipinski definition) is 22. The number of rotatable bonds is 16. The number of allylic oxidation sites excluding steroid dienone is 1. The standard InChI is InChI=1S/C14H18N2O2S.C14H16N2O2S.C12H14N2O2S.C10H19BO3.C10H9ClN2O2S.CH3.Pd/c2*1-5-8(3)11-10(14(17)18-6-2)7-15-13-12(11)16-9(4)19-13;1-4-6(2)9-8(12(15)16)5-13-11-10(9)14-7(3)17-11;1-8(7-12-6)11-13-9(2,3)10(4,5)14-11;1-3-15-10(14)6-4-12-9-8(7(6)11)13-5(2)16-9;;/h7-8H,5-6H2,1-4H3;7H,3,5-6H2,1-2,4H3;5-6H,4H2,1-3H3,(H,15,16);1,7H2,2-6H3;4H,3H2,1-2H3;1H3;/q;;;;;-1;. The molecule has 2 unspecified atom stereocenters. The van der Waals surface area contributed by atoms with Crippen LogP contribution < -0.4 is 0 Å². The van der Waals surface area contributed by atoms with Gasteiger partial charge in [-0.15, -0.1) is 6.58 Å². The SMILES string of the molecule is C=C(CC)c1c(C(=O)OCC)cnc2sc(C)nc12.C=C(COC)B1OC(C)(C)C(C)(C)O1.CCC(C)c1c(C(=O)O)cnc2sc(C)nc12.CCOC(=O)c1cnc2sc(C)nc2c1C(C)CC.CCOC(=O)c1cnc2sc(C)nc2c1Cl.[CH3-].[Pd]. The Labute approximate surface area is 545 Å². The van der Waals surface area contributed by atoms with Crippen molar-refractivity contribution < 1.29 is 73.0 Å². The Bertz CT molecular complexity index is 3700. The van der Waals surface area contributed by atoms with Gasteiger partial charge in [0.2, 0.25) is 0 Å². The summed E-state index contributed by atoms with van der Waals surface area (Å²) in [5, 5.41) is 13.2. The fraction of sp³-hybridized carbons (Fsp3) is 0.459. The number of halogens is 1. The van der Waals surface area contributed by atoms with E-state index >= 15 is 0 Å². The van der Waals surface area contributed by atoms with Gasteiger partial charge in [-0.25, -0.2) is 59.0 Å². The van der Waals surface area contributed by atoms with Crippen molar-refractivity contribution in [3.8, 4) is 0 Å². The van der Waals surface area contributed by atoms with E-state index in [0.717, 1.165) is 103 Å². The van der Waals surface area contributed by atoms with Crippen molar-refractivity contribution in [2.45, 2.75) is 153 Å². The number of pyridine rings is 4. The van der Waals surface area contributed by atoms with Gasteiger partial charge in [-0.05, 0) is 129 Å². The summed E-state index contributed by atoms with van der Waals surface area (Å²) < 4.78 is 31.6. The Hall–Kier alpha value is -5.58. The van der Waals surface area contributed by atoms with Crippen molar-refractivity contribution in [3.63, 3.8) is 0 Å². The monoisotopic (exact) mass is 1380 g/mol. The van der Waals surface area contributed by atoms with E-state index in [1.165, 1.54) is 46.4 Å². The second kappa shape index (κ2) is 33.8. The van der Waals surface area contributed by atoms with Crippen LogP contribution in [0.25, 0.3) is 47.0 Å². The molecule has 26 heteroatoms. The van der Waals surface area contributed by atoms with Crippen LogP contribution in [0.1, 0.15) is 192 Å². The van der Waals surface area contributed by atoms with Crippen molar-refractivity contribution in [1.29, 1.82) is 0 Å². The van der Waals surface area contributed by atoms with Crippen LogP contribution >= 0.6 is 56.9 Å². The van der Waals surface area contributed by atoms with Crippen LogP contribution in [0.5, 0.6) is 0 Å². The molecule has 9 heterocycles. The van der Waals surface area contributed by atoms with Gasteiger partial charge in [0.05, 0.1) is 84.9 Å². The Morgan fingerprint density at radius 3 is 1.34 bits per heavy atom. The first kappa shape index (κ1) is 75.7. The molecule has 0 amide bonds. The number of hydrogen-bond donors (Lipinski definition) is 1. The minimum absolute atomic E-state index is 0. The van der Waals surface area contributed by atoms with Crippen molar-refractivity contribution >= 4 is 135 Å². The zero-order valence-corrected chi connectivity index (χ0v) is 58.4. The number of esters is 3. The zero-order chi connectivity index (χ0) is 63.2. The van der Waals surface area contributed by atoms with E-state index in [0.29, 0.717) is 48.1 Å². The molecule has 1 saturated heterocycles. The third-order valence-electron chi connectivity index (χ3n) is 13.8. The minimum Gasteiger partial charge on any atom is -0.478 e. The quantitative estimate of drug-likeness (QED) is 0.0409. The smallest absolute Gasteiger partial charge is 0.478 e. The van der Waals surface area contributed by atoms with E-state index in [-0.39, 0.29) is 81.1 Å². The van der Waals surface area contributed by atoms with Gasteiger partial charge in [0, 0.05) is 57.9 Å². The van der Waals surface area contributed by atoms with Crippen molar-refractivity contribution in [2.24, 2.45) is 0 Å². The molecule has 2 atom stereocenters. The molecule has 1 aliphatic rings. The number of thiazole rings is 4. The average molecular weight is 1380 g/mol. The molecule has 1 N–H and O–H groups in total. The van der Waals surface area contributed by atoms with Crippen molar-refractivity contribution in [2.75, 3.05) is 33.5 Å². The summed E-state index contributed by atoms with van der Waals surface area (Å²) >= 11 is 12.1. The first-order valence-corrected chi connectivity index (χ1v) is 31.4. The number of aryl methyl sites for hydroxylation is 4. The number of carboxylic acids is 1. The van der Waals surface area contributed by atoms with Crippen LogP contribution in [0.4, 0.5) is 0 Å². The van der Waals surface area contributed by atoms with Crippen LogP contribution in [0.3, 0.4) is 0 Å². The van der Waals surface area contributed by atoms with E-state index in [1.807, 2.05) is 76.2 Å². The first-order chi connectivity index (χ1) is 40.1. The van der Waals surface area contributed by atoms with Crippen LogP contribution in [0.2, 0.25) is 5.02 Å². The number of fused-ring (bicyclic) bond motifs is 4. The summed E-state index contributed by atoms with van der Waals surface area (Å²) in [6, 6.07) is 0. The Morgan fingerprint density at radius 2 is 0.943 bits per heavy atom. The molecule has 0 radical (unpaired) electrons. The van der Waals surface area contributed by atoms with Gasteiger partial charge in [0.1, 0.15) is 41.4 Å².